The molecule has 0 aromatic rings. The largest absolute Gasteiger partial charge is 0.337 e. The molecular weight excluding hydrogens is 190 g/mol. The van der Waals surface area contributed by atoms with Crippen LogP contribution in [0.4, 0.5) is 0 Å². The topological polar surface area (TPSA) is 37.4 Å². The third kappa shape index (κ3) is 2.21. The minimum absolute atomic E-state index is 0.0199. The Morgan fingerprint density at radius 3 is 2.31 bits per heavy atom. The number of carbonyl (C=O) groups excluding carboxylic acids is 2. The van der Waals surface area contributed by atoms with Crippen molar-refractivity contribution in [1.82, 2.24) is 4.90 Å². The molecule has 1 rings (SSSR count). The maximum absolute atomic E-state index is 11.5. The van der Waals surface area contributed by atoms with Crippen LogP contribution in [0.15, 0.2) is 0 Å². The average Bonchev–Trinajstić information content (AvgIpc) is 2.29. The van der Waals surface area contributed by atoms with E-state index in [1.807, 2.05) is 20.8 Å². The van der Waals surface area contributed by atoms with E-state index in [0.29, 0.717) is 6.54 Å². The SMILES string of the molecule is CC(C)(C)N1CC(C(=O)Cl)CC1=O. The lowest BCUT2D eigenvalue weighted by Gasteiger charge is -2.31. The van der Waals surface area contributed by atoms with Crippen LogP contribution in [0.5, 0.6) is 0 Å². The zero-order valence-corrected chi connectivity index (χ0v) is 8.89. The minimum atomic E-state index is -0.403. The number of amides is 1. The van der Waals surface area contributed by atoms with Gasteiger partial charge in [0, 0.05) is 18.5 Å². The molecule has 1 fully saturated rings. The molecule has 0 aromatic heterocycles. The van der Waals surface area contributed by atoms with Crippen LogP contribution in [0.3, 0.4) is 0 Å². The van der Waals surface area contributed by atoms with E-state index in [1.54, 1.807) is 4.90 Å². The smallest absolute Gasteiger partial charge is 0.227 e. The highest BCUT2D eigenvalue weighted by atomic mass is 35.5. The van der Waals surface area contributed by atoms with Crippen LogP contribution in [0, 0.1) is 5.92 Å². The summed E-state index contributed by atoms with van der Waals surface area (Å²) in [6.07, 6.45) is 0.263. The molecule has 1 atom stereocenters. The van der Waals surface area contributed by atoms with E-state index in [2.05, 4.69) is 0 Å². The van der Waals surface area contributed by atoms with Gasteiger partial charge in [-0.1, -0.05) is 0 Å². The fourth-order valence-corrected chi connectivity index (χ4v) is 1.65. The number of halogens is 1. The Labute approximate surface area is 83.0 Å². The number of nitrogens with zero attached hydrogens (tertiary/aromatic N) is 1. The second kappa shape index (κ2) is 3.29. The fourth-order valence-electron chi connectivity index (χ4n) is 1.51. The van der Waals surface area contributed by atoms with Gasteiger partial charge in [0.15, 0.2) is 0 Å². The first-order chi connectivity index (χ1) is 5.82. The molecule has 0 radical (unpaired) electrons. The molecule has 0 spiro atoms. The third-order valence-electron chi connectivity index (χ3n) is 2.26. The number of hydrogen-bond acceptors (Lipinski definition) is 2. The molecule has 1 aliphatic rings. The summed E-state index contributed by atoms with van der Waals surface area (Å²) in [5.41, 5.74) is -0.210. The molecule has 13 heavy (non-hydrogen) atoms. The monoisotopic (exact) mass is 203 g/mol. The van der Waals surface area contributed by atoms with Gasteiger partial charge in [-0.15, -0.1) is 0 Å². The zero-order chi connectivity index (χ0) is 10.2. The summed E-state index contributed by atoms with van der Waals surface area (Å²) in [5.74, 6) is -0.292. The van der Waals surface area contributed by atoms with Crippen molar-refractivity contribution in [3.05, 3.63) is 0 Å². The van der Waals surface area contributed by atoms with Crippen molar-refractivity contribution in [2.45, 2.75) is 32.7 Å². The van der Waals surface area contributed by atoms with Crippen molar-refractivity contribution in [2.24, 2.45) is 5.92 Å². The maximum atomic E-state index is 11.5. The predicted molar refractivity (Wildman–Crippen MR) is 50.4 cm³/mol. The first-order valence-corrected chi connectivity index (χ1v) is 4.70. The molecular formula is C9H14ClNO2. The molecule has 0 aliphatic carbocycles. The number of likely N-dealkylation sites (tertiary alicyclic amines) is 1. The Morgan fingerprint density at radius 2 is 2.08 bits per heavy atom. The van der Waals surface area contributed by atoms with Crippen molar-refractivity contribution in [3.8, 4) is 0 Å². The predicted octanol–water partition coefficient (Wildman–Crippen LogP) is 1.40. The minimum Gasteiger partial charge on any atom is -0.337 e. The number of carbonyl (C=O) groups is 2. The molecule has 1 unspecified atom stereocenters. The van der Waals surface area contributed by atoms with Gasteiger partial charge in [0.05, 0.1) is 5.92 Å². The van der Waals surface area contributed by atoms with Gasteiger partial charge in [-0.05, 0) is 32.4 Å². The maximum Gasteiger partial charge on any atom is 0.227 e. The van der Waals surface area contributed by atoms with Crippen molar-refractivity contribution in [2.75, 3.05) is 6.54 Å². The highest BCUT2D eigenvalue weighted by Crippen LogP contribution is 2.26. The molecule has 0 saturated carbocycles. The Balaban J connectivity index is 2.73. The van der Waals surface area contributed by atoms with Crippen molar-refractivity contribution in [3.63, 3.8) is 0 Å². The van der Waals surface area contributed by atoms with Crippen LogP contribution in [0.2, 0.25) is 0 Å². The van der Waals surface area contributed by atoms with Gasteiger partial charge in [0.25, 0.3) is 0 Å². The van der Waals surface area contributed by atoms with E-state index in [0.717, 1.165) is 0 Å². The summed E-state index contributed by atoms with van der Waals surface area (Å²) >= 11 is 5.35. The summed E-state index contributed by atoms with van der Waals surface area (Å²) in [4.78, 5) is 24.0. The number of hydrogen-bond donors (Lipinski definition) is 0. The van der Waals surface area contributed by atoms with Crippen LogP contribution >= 0.6 is 11.6 Å². The lowest BCUT2D eigenvalue weighted by molar-refractivity contribution is -0.131. The van der Waals surface area contributed by atoms with Crippen LogP contribution in [-0.4, -0.2) is 28.1 Å². The van der Waals surface area contributed by atoms with E-state index in [9.17, 15) is 9.59 Å². The quantitative estimate of drug-likeness (QED) is 0.605. The molecule has 74 valence electrons. The lowest BCUT2D eigenvalue weighted by Crippen LogP contribution is -2.42. The molecule has 1 saturated heterocycles. The molecule has 4 heteroatoms. The van der Waals surface area contributed by atoms with Gasteiger partial charge in [-0.2, -0.15) is 0 Å². The van der Waals surface area contributed by atoms with E-state index < -0.39 is 5.24 Å². The first-order valence-electron chi connectivity index (χ1n) is 4.32. The van der Waals surface area contributed by atoms with E-state index in [-0.39, 0.29) is 23.8 Å². The standard InChI is InChI=1S/C9H14ClNO2/c1-9(2,3)11-5-6(8(10)13)4-7(11)12/h6H,4-5H2,1-3H3. The van der Waals surface area contributed by atoms with Gasteiger partial charge >= 0.3 is 0 Å². The zero-order valence-electron chi connectivity index (χ0n) is 8.13. The van der Waals surface area contributed by atoms with Gasteiger partial charge in [0.1, 0.15) is 0 Å². The Bertz CT molecular complexity index is 244. The van der Waals surface area contributed by atoms with Crippen molar-refractivity contribution < 1.29 is 9.59 Å². The molecule has 0 aromatic carbocycles. The molecule has 1 aliphatic heterocycles. The van der Waals surface area contributed by atoms with E-state index in [4.69, 9.17) is 11.6 Å². The second-order valence-electron chi connectivity index (χ2n) is 4.38. The van der Waals surface area contributed by atoms with Crippen LogP contribution in [-0.2, 0) is 9.59 Å². The van der Waals surface area contributed by atoms with Gasteiger partial charge in [0.2, 0.25) is 11.1 Å². The van der Waals surface area contributed by atoms with Crippen molar-refractivity contribution >= 4 is 22.8 Å². The van der Waals surface area contributed by atoms with Crippen LogP contribution < -0.4 is 0 Å². The molecule has 0 N–H and O–H groups in total. The van der Waals surface area contributed by atoms with Crippen LogP contribution in [0.25, 0.3) is 0 Å². The molecule has 1 amide bonds. The summed E-state index contributed by atoms with van der Waals surface area (Å²) < 4.78 is 0. The average molecular weight is 204 g/mol. The highest BCUT2D eigenvalue weighted by Gasteiger charge is 2.38. The molecule has 3 nitrogen and oxygen atoms in total. The molecule has 1 heterocycles. The normalized spacial score (nSPS) is 23.8. The number of rotatable bonds is 1. The highest BCUT2D eigenvalue weighted by molar-refractivity contribution is 6.64. The van der Waals surface area contributed by atoms with Gasteiger partial charge in [-0.3, -0.25) is 9.59 Å². The van der Waals surface area contributed by atoms with Gasteiger partial charge < -0.3 is 4.90 Å². The fraction of sp³-hybridized carbons (Fsp3) is 0.778. The van der Waals surface area contributed by atoms with Crippen molar-refractivity contribution in [1.29, 1.82) is 0 Å². The van der Waals surface area contributed by atoms with E-state index >= 15 is 0 Å². The first kappa shape index (κ1) is 10.5. The summed E-state index contributed by atoms with van der Waals surface area (Å²) in [6, 6.07) is 0. The summed E-state index contributed by atoms with van der Waals surface area (Å²) in [5, 5.41) is -0.403. The Morgan fingerprint density at radius 1 is 1.54 bits per heavy atom. The van der Waals surface area contributed by atoms with E-state index in [1.165, 1.54) is 0 Å². The van der Waals surface area contributed by atoms with Gasteiger partial charge in [-0.25, -0.2) is 0 Å². The second-order valence-corrected chi connectivity index (χ2v) is 4.75. The summed E-state index contributed by atoms with van der Waals surface area (Å²) in [7, 11) is 0. The van der Waals surface area contributed by atoms with Crippen LogP contribution in [0.1, 0.15) is 27.2 Å². The molecule has 0 bridgehead atoms. The Hall–Kier alpha value is -0.570. The summed E-state index contributed by atoms with van der Waals surface area (Å²) in [6.45, 7) is 6.31. The Kier molecular flexibility index (Phi) is 2.66. The third-order valence-corrected chi connectivity index (χ3v) is 2.56. The lowest BCUT2D eigenvalue weighted by atomic mass is 10.1.